The molecule has 2 aromatic rings. The van der Waals surface area contributed by atoms with Crippen LogP contribution in [0.15, 0.2) is 47.4 Å². The van der Waals surface area contributed by atoms with Crippen molar-refractivity contribution in [3.63, 3.8) is 0 Å². The average molecular weight is 541 g/mol. The van der Waals surface area contributed by atoms with E-state index in [4.69, 9.17) is 9.47 Å². The number of piperidine rings is 1. The van der Waals surface area contributed by atoms with Gasteiger partial charge in [-0.25, -0.2) is 4.79 Å². The Bertz CT molecular complexity index is 1080. The standard InChI is InChI=1S/C31H44N2O4S/c1-30(2,3)28(34)32-27-20-26(38-21-23-9-13-25(36-7)14-10-23)15-12-24(27)11-8-22-16-18-33(19-17-22)29(35)37-31(4,5)6/h9-10,12-15,20,22H,8,11,16-19,21H2,1-7H3,(H,32,34). The van der Waals surface area contributed by atoms with Crippen molar-refractivity contribution in [1.82, 2.24) is 4.90 Å². The molecule has 1 fully saturated rings. The zero-order valence-electron chi connectivity index (χ0n) is 24.1. The molecule has 2 amide bonds. The van der Waals surface area contributed by atoms with E-state index in [1.807, 2.05) is 58.6 Å². The van der Waals surface area contributed by atoms with E-state index in [0.717, 1.165) is 66.4 Å². The maximum Gasteiger partial charge on any atom is 0.410 e. The number of hydrogen-bond donors (Lipinski definition) is 1. The SMILES string of the molecule is COc1ccc(CSc2ccc(CCC3CCN(C(=O)OC(C)(C)C)CC3)c(NC(=O)C(C)(C)C)c2)cc1. The van der Waals surface area contributed by atoms with Crippen LogP contribution < -0.4 is 10.1 Å². The third-order valence-electron chi connectivity index (χ3n) is 6.66. The Morgan fingerprint density at radius 1 is 1.00 bits per heavy atom. The number of thioether (sulfide) groups is 1. The molecule has 1 aliphatic heterocycles. The molecule has 1 aliphatic rings. The summed E-state index contributed by atoms with van der Waals surface area (Å²) in [6, 6.07) is 14.5. The van der Waals surface area contributed by atoms with Crippen LogP contribution in [0.25, 0.3) is 0 Å². The van der Waals surface area contributed by atoms with E-state index in [0.29, 0.717) is 5.92 Å². The number of hydrogen-bond acceptors (Lipinski definition) is 5. The number of anilines is 1. The minimum Gasteiger partial charge on any atom is -0.497 e. The van der Waals surface area contributed by atoms with Gasteiger partial charge in [-0.1, -0.05) is 39.0 Å². The normalized spacial score (nSPS) is 14.8. The zero-order valence-corrected chi connectivity index (χ0v) is 24.9. The van der Waals surface area contributed by atoms with Gasteiger partial charge in [-0.05, 0) is 87.8 Å². The zero-order chi connectivity index (χ0) is 27.9. The van der Waals surface area contributed by atoms with Crippen LogP contribution in [0, 0.1) is 11.3 Å². The lowest BCUT2D eigenvalue weighted by Crippen LogP contribution is -2.41. The molecule has 38 heavy (non-hydrogen) atoms. The van der Waals surface area contributed by atoms with Crippen LogP contribution >= 0.6 is 11.8 Å². The lowest BCUT2D eigenvalue weighted by Gasteiger charge is -2.33. The first kappa shape index (κ1) is 29.9. The fourth-order valence-corrected chi connectivity index (χ4v) is 5.16. The first-order valence-corrected chi connectivity index (χ1v) is 14.5. The van der Waals surface area contributed by atoms with Gasteiger partial charge in [-0.2, -0.15) is 0 Å². The summed E-state index contributed by atoms with van der Waals surface area (Å²) in [5, 5.41) is 3.20. The van der Waals surface area contributed by atoms with E-state index in [1.165, 1.54) is 5.56 Å². The maximum absolute atomic E-state index is 12.9. The molecule has 7 heteroatoms. The molecule has 3 rings (SSSR count). The molecule has 2 aromatic carbocycles. The number of nitrogens with zero attached hydrogens (tertiary/aromatic N) is 1. The highest BCUT2D eigenvalue weighted by atomic mass is 32.2. The summed E-state index contributed by atoms with van der Waals surface area (Å²) in [7, 11) is 1.67. The number of nitrogens with one attached hydrogen (secondary N) is 1. The van der Waals surface area contributed by atoms with Crippen LogP contribution in [-0.4, -0.2) is 42.7 Å². The van der Waals surface area contributed by atoms with Crippen LogP contribution in [0.4, 0.5) is 10.5 Å². The van der Waals surface area contributed by atoms with Crippen molar-refractivity contribution in [2.24, 2.45) is 11.3 Å². The Hall–Kier alpha value is -2.67. The number of amides is 2. The first-order valence-electron chi connectivity index (χ1n) is 13.5. The number of ether oxygens (including phenoxy) is 2. The summed E-state index contributed by atoms with van der Waals surface area (Å²) in [6.45, 7) is 13.0. The Kier molecular flexibility index (Phi) is 10.2. The minimum atomic E-state index is -0.474. The van der Waals surface area contributed by atoms with Crippen molar-refractivity contribution in [1.29, 1.82) is 0 Å². The molecular weight excluding hydrogens is 496 g/mol. The van der Waals surface area contributed by atoms with E-state index in [-0.39, 0.29) is 12.0 Å². The molecule has 1 heterocycles. The molecule has 6 nitrogen and oxygen atoms in total. The van der Waals surface area contributed by atoms with E-state index >= 15 is 0 Å². The molecule has 0 spiro atoms. The molecule has 208 valence electrons. The molecule has 1 N–H and O–H groups in total. The first-order chi connectivity index (χ1) is 17.8. The van der Waals surface area contributed by atoms with Crippen molar-refractivity contribution >= 4 is 29.4 Å². The van der Waals surface area contributed by atoms with E-state index < -0.39 is 11.0 Å². The molecule has 1 saturated heterocycles. The smallest absolute Gasteiger partial charge is 0.410 e. The van der Waals surface area contributed by atoms with Crippen LogP contribution in [-0.2, 0) is 21.7 Å². The Morgan fingerprint density at radius 2 is 1.66 bits per heavy atom. The van der Waals surface area contributed by atoms with E-state index in [9.17, 15) is 9.59 Å². The minimum absolute atomic E-state index is 0.0155. The number of carbonyl (C=O) groups is 2. The van der Waals surface area contributed by atoms with Gasteiger partial charge >= 0.3 is 6.09 Å². The summed E-state index contributed by atoms with van der Waals surface area (Å²) in [4.78, 5) is 28.2. The Balaban J connectivity index is 1.62. The monoisotopic (exact) mass is 540 g/mol. The predicted molar refractivity (Wildman–Crippen MR) is 156 cm³/mol. The number of carbonyl (C=O) groups excluding carboxylic acids is 2. The van der Waals surface area contributed by atoms with Crippen LogP contribution in [0.2, 0.25) is 0 Å². The summed E-state index contributed by atoms with van der Waals surface area (Å²) in [5.74, 6) is 2.25. The molecule has 0 aromatic heterocycles. The van der Waals surface area contributed by atoms with Crippen molar-refractivity contribution in [3.8, 4) is 5.75 Å². The van der Waals surface area contributed by atoms with Gasteiger partial charge in [0.05, 0.1) is 7.11 Å². The van der Waals surface area contributed by atoms with Gasteiger partial charge in [0.15, 0.2) is 0 Å². The van der Waals surface area contributed by atoms with Gasteiger partial charge in [0.25, 0.3) is 0 Å². The van der Waals surface area contributed by atoms with Gasteiger partial charge in [-0.3, -0.25) is 4.79 Å². The summed E-state index contributed by atoms with van der Waals surface area (Å²) in [6.07, 6.45) is 3.64. The second kappa shape index (κ2) is 12.9. The number of methoxy groups -OCH3 is 1. The highest BCUT2D eigenvalue weighted by Crippen LogP contribution is 2.32. The van der Waals surface area contributed by atoms with E-state index in [1.54, 1.807) is 18.9 Å². The molecule has 0 aliphatic carbocycles. The third-order valence-corrected chi connectivity index (χ3v) is 7.73. The van der Waals surface area contributed by atoms with Gasteiger partial charge in [0.1, 0.15) is 11.4 Å². The molecular formula is C31H44N2O4S. The second-order valence-electron chi connectivity index (χ2n) is 12.1. The van der Waals surface area contributed by atoms with E-state index in [2.05, 4.69) is 35.6 Å². The average Bonchev–Trinajstić information content (AvgIpc) is 2.86. The summed E-state index contributed by atoms with van der Waals surface area (Å²) < 4.78 is 10.8. The van der Waals surface area contributed by atoms with Crippen molar-refractivity contribution in [2.45, 2.75) is 83.5 Å². The van der Waals surface area contributed by atoms with Crippen molar-refractivity contribution < 1.29 is 19.1 Å². The highest BCUT2D eigenvalue weighted by Gasteiger charge is 2.27. The number of aryl methyl sites for hydroxylation is 1. The molecule has 0 atom stereocenters. The molecule has 0 unspecified atom stereocenters. The van der Waals surface area contributed by atoms with Crippen molar-refractivity contribution in [3.05, 3.63) is 53.6 Å². The lowest BCUT2D eigenvalue weighted by atomic mass is 9.90. The highest BCUT2D eigenvalue weighted by molar-refractivity contribution is 7.98. The maximum atomic E-state index is 12.9. The third kappa shape index (κ3) is 9.26. The number of likely N-dealkylation sites (tertiary alicyclic amines) is 1. The Morgan fingerprint density at radius 3 is 2.24 bits per heavy atom. The summed E-state index contributed by atoms with van der Waals surface area (Å²) in [5.41, 5.74) is 2.33. The van der Waals surface area contributed by atoms with Crippen LogP contribution in [0.5, 0.6) is 5.75 Å². The van der Waals surface area contributed by atoms with Crippen LogP contribution in [0.3, 0.4) is 0 Å². The van der Waals surface area contributed by atoms with Gasteiger partial charge < -0.3 is 19.7 Å². The quantitative estimate of drug-likeness (QED) is 0.350. The van der Waals surface area contributed by atoms with Crippen molar-refractivity contribution in [2.75, 3.05) is 25.5 Å². The molecule has 0 bridgehead atoms. The summed E-state index contributed by atoms with van der Waals surface area (Å²) >= 11 is 1.76. The largest absolute Gasteiger partial charge is 0.497 e. The van der Waals surface area contributed by atoms with Crippen LogP contribution in [0.1, 0.15) is 71.9 Å². The number of rotatable bonds is 8. The Labute approximate surface area is 232 Å². The molecule has 0 saturated carbocycles. The topological polar surface area (TPSA) is 67.9 Å². The molecule has 0 radical (unpaired) electrons. The fraction of sp³-hybridized carbons (Fsp3) is 0.548. The predicted octanol–water partition coefficient (Wildman–Crippen LogP) is 7.55. The lowest BCUT2D eigenvalue weighted by molar-refractivity contribution is -0.123. The van der Waals surface area contributed by atoms with Gasteiger partial charge in [-0.15, -0.1) is 11.8 Å². The number of benzene rings is 2. The van der Waals surface area contributed by atoms with Gasteiger partial charge in [0.2, 0.25) is 5.91 Å². The van der Waals surface area contributed by atoms with Gasteiger partial charge in [0, 0.05) is 34.8 Å². The fourth-order valence-electron chi connectivity index (χ4n) is 4.27. The second-order valence-corrected chi connectivity index (χ2v) is 13.2.